The molecule has 2 fully saturated rings. The number of rotatable bonds is 6. The molecule has 152 valence electrons. The maximum Gasteiger partial charge on any atom is 0.410 e. The van der Waals surface area contributed by atoms with Crippen molar-refractivity contribution < 1.29 is 14.6 Å². The van der Waals surface area contributed by atoms with Crippen LogP contribution < -0.4 is 0 Å². The van der Waals surface area contributed by atoms with E-state index in [4.69, 9.17) is 4.74 Å². The lowest BCUT2D eigenvalue weighted by Crippen LogP contribution is -2.59. The average Bonchev–Trinajstić information content (AvgIpc) is 2.69. The Labute approximate surface area is 169 Å². The van der Waals surface area contributed by atoms with Gasteiger partial charge in [0.25, 0.3) is 0 Å². The lowest BCUT2D eigenvalue weighted by molar-refractivity contribution is -0.0822. The zero-order chi connectivity index (χ0) is 19.8. The highest BCUT2D eigenvalue weighted by atomic mass is 16.6. The van der Waals surface area contributed by atoms with E-state index < -0.39 is 5.60 Å². The largest absolute Gasteiger partial charge is 0.445 e. The van der Waals surface area contributed by atoms with Gasteiger partial charge in [0, 0.05) is 24.9 Å². The van der Waals surface area contributed by atoms with E-state index in [1.165, 1.54) is 12.8 Å². The van der Waals surface area contributed by atoms with Crippen molar-refractivity contribution in [2.45, 2.75) is 95.4 Å². The van der Waals surface area contributed by atoms with Crippen molar-refractivity contribution in [1.29, 1.82) is 0 Å². The summed E-state index contributed by atoms with van der Waals surface area (Å²) in [4.78, 5) is 14.6. The SMILES string of the molecule is CCCCCC#CCC1(O)CC2CCCC(C1)N2C(=O)OCc1ccccc1. The third-order valence-electron chi connectivity index (χ3n) is 5.96. The molecule has 0 spiro atoms. The Morgan fingerprint density at radius 3 is 2.57 bits per heavy atom. The van der Waals surface area contributed by atoms with Gasteiger partial charge in [-0.2, -0.15) is 0 Å². The molecule has 4 nitrogen and oxygen atoms in total. The molecule has 2 aliphatic rings. The van der Waals surface area contributed by atoms with Crippen LogP contribution in [-0.4, -0.2) is 33.8 Å². The number of amides is 1. The molecule has 0 radical (unpaired) electrons. The van der Waals surface area contributed by atoms with Crippen LogP contribution in [0, 0.1) is 11.8 Å². The number of carbonyl (C=O) groups excluding carboxylic acids is 1. The Bertz CT molecular complexity index is 677. The molecule has 2 saturated heterocycles. The zero-order valence-electron chi connectivity index (χ0n) is 17.0. The van der Waals surface area contributed by atoms with E-state index in [0.717, 1.165) is 37.7 Å². The van der Waals surface area contributed by atoms with Crippen LogP contribution in [0.5, 0.6) is 0 Å². The number of aliphatic hydroxyl groups is 1. The first kappa shape index (κ1) is 20.7. The smallest absolute Gasteiger partial charge is 0.410 e. The van der Waals surface area contributed by atoms with Gasteiger partial charge in [-0.05, 0) is 44.1 Å². The molecule has 1 N–H and O–H groups in total. The standard InChI is InChI=1S/C24H33NO3/c1-2-3-4-5-6-10-16-24(27)17-21-14-11-15-22(18-24)25(21)23(26)28-19-20-12-8-7-9-13-20/h7-9,12-13,21-22,27H,2-5,11,14-19H2,1H3. The minimum Gasteiger partial charge on any atom is -0.445 e. The quantitative estimate of drug-likeness (QED) is 0.553. The summed E-state index contributed by atoms with van der Waals surface area (Å²) in [5.74, 6) is 6.42. The average molecular weight is 384 g/mol. The van der Waals surface area contributed by atoms with Crippen LogP contribution in [0.2, 0.25) is 0 Å². The molecular formula is C24H33NO3. The summed E-state index contributed by atoms with van der Waals surface area (Å²) >= 11 is 0. The molecule has 2 bridgehead atoms. The van der Waals surface area contributed by atoms with E-state index in [2.05, 4.69) is 18.8 Å². The number of carbonyl (C=O) groups is 1. The van der Waals surface area contributed by atoms with Crippen LogP contribution in [-0.2, 0) is 11.3 Å². The van der Waals surface area contributed by atoms with Crippen LogP contribution in [0.1, 0.15) is 76.7 Å². The van der Waals surface area contributed by atoms with Gasteiger partial charge < -0.3 is 14.7 Å². The molecule has 2 aliphatic heterocycles. The molecule has 2 atom stereocenters. The van der Waals surface area contributed by atoms with Crippen molar-refractivity contribution in [3.8, 4) is 11.8 Å². The first-order valence-corrected chi connectivity index (χ1v) is 10.8. The number of hydrogen-bond donors (Lipinski definition) is 1. The van der Waals surface area contributed by atoms with Crippen molar-refractivity contribution >= 4 is 6.09 Å². The molecule has 2 unspecified atom stereocenters. The summed E-state index contributed by atoms with van der Waals surface area (Å²) in [6.45, 7) is 2.48. The fraction of sp³-hybridized carbons (Fsp3) is 0.625. The van der Waals surface area contributed by atoms with E-state index >= 15 is 0 Å². The fourth-order valence-corrected chi connectivity index (χ4v) is 4.54. The van der Waals surface area contributed by atoms with E-state index in [0.29, 0.717) is 25.9 Å². The maximum absolute atomic E-state index is 12.8. The highest BCUT2D eigenvalue weighted by Crippen LogP contribution is 2.41. The van der Waals surface area contributed by atoms with E-state index in [9.17, 15) is 9.90 Å². The highest BCUT2D eigenvalue weighted by molar-refractivity contribution is 5.69. The molecule has 0 aliphatic carbocycles. The number of piperidine rings is 2. The van der Waals surface area contributed by atoms with E-state index in [1.807, 2.05) is 35.2 Å². The predicted molar refractivity (Wildman–Crippen MR) is 111 cm³/mol. The third-order valence-corrected chi connectivity index (χ3v) is 5.96. The van der Waals surface area contributed by atoms with Crippen molar-refractivity contribution in [2.75, 3.05) is 0 Å². The van der Waals surface area contributed by atoms with Gasteiger partial charge in [0.2, 0.25) is 0 Å². The third kappa shape index (κ3) is 5.52. The fourth-order valence-electron chi connectivity index (χ4n) is 4.54. The van der Waals surface area contributed by atoms with Crippen molar-refractivity contribution in [1.82, 2.24) is 4.90 Å². The normalized spacial score (nSPS) is 26.3. The molecule has 0 aromatic heterocycles. The molecule has 2 heterocycles. The van der Waals surface area contributed by atoms with Crippen LogP contribution in [0.15, 0.2) is 30.3 Å². The Morgan fingerprint density at radius 1 is 1.18 bits per heavy atom. The van der Waals surface area contributed by atoms with Gasteiger partial charge in [0.1, 0.15) is 6.61 Å². The molecule has 1 aromatic rings. The first-order valence-electron chi connectivity index (χ1n) is 10.8. The summed E-state index contributed by atoms with van der Waals surface area (Å²) in [6, 6.07) is 9.88. The number of ether oxygens (including phenoxy) is 1. The second-order valence-corrected chi connectivity index (χ2v) is 8.31. The van der Waals surface area contributed by atoms with Crippen LogP contribution >= 0.6 is 0 Å². The summed E-state index contributed by atoms with van der Waals surface area (Å²) in [7, 11) is 0. The number of hydrogen-bond acceptors (Lipinski definition) is 3. The molecular weight excluding hydrogens is 350 g/mol. The second-order valence-electron chi connectivity index (χ2n) is 8.31. The van der Waals surface area contributed by atoms with Crippen LogP contribution in [0.3, 0.4) is 0 Å². The Balaban J connectivity index is 1.55. The molecule has 3 rings (SSSR count). The lowest BCUT2D eigenvalue weighted by Gasteiger charge is -2.50. The predicted octanol–water partition coefficient (Wildman–Crippen LogP) is 5.05. The summed E-state index contributed by atoms with van der Waals surface area (Å²) < 4.78 is 5.59. The van der Waals surface area contributed by atoms with Gasteiger partial charge in [-0.1, -0.05) is 50.1 Å². The Hall–Kier alpha value is -1.99. The molecule has 0 saturated carbocycles. The van der Waals surface area contributed by atoms with Crippen molar-refractivity contribution in [3.05, 3.63) is 35.9 Å². The minimum absolute atomic E-state index is 0.0580. The zero-order valence-corrected chi connectivity index (χ0v) is 17.0. The Kier molecular flexibility index (Phi) is 7.39. The Morgan fingerprint density at radius 2 is 1.89 bits per heavy atom. The monoisotopic (exact) mass is 383 g/mol. The lowest BCUT2D eigenvalue weighted by atomic mass is 9.74. The number of benzene rings is 1. The topological polar surface area (TPSA) is 49.8 Å². The maximum atomic E-state index is 12.8. The van der Waals surface area contributed by atoms with Crippen LogP contribution in [0.4, 0.5) is 4.79 Å². The van der Waals surface area contributed by atoms with E-state index in [1.54, 1.807) is 0 Å². The minimum atomic E-state index is -0.774. The summed E-state index contributed by atoms with van der Waals surface area (Å²) in [6.07, 6.45) is 8.91. The number of unbranched alkanes of at least 4 members (excludes halogenated alkanes) is 3. The number of fused-ring (bicyclic) bond motifs is 2. The first-order chi connectivity index (χ1) is 13.6. The molecule has 28 heavy (non-hydrogen) atoms. The van der Waals surface area contributed by atoms with Gasteiger partial charge >= 0.3 is 6.09 Å². The van der Waals surface area contributed by atoms with Gasteiger partial charge in [0.15, 0.2) is 0 Å². The summed E-state index contributed by atoms with van der Waals surface area (Å²) in [5.41, 5.74) is 0.219. The molecule has 4 heteroatoms. The highest BCUT2D eigenvalue weighted by Gasteiger charge is 2.47. The van der Waals surface area contributed by atoms with Gasteiger partial charge in [-0.15, -0.1) is 11.8 Å². The molecule has 1 aromatic carbocycles. The van der Waals surface area contributed by atoms with Gasteiger partial charge in [0.05, 0.1) is 5.60 Å². The van der Waals surface area contributed by atoms with Gasteiger partial charge in [-0.25, -0.2) is 4.79 Å². The van der Waals surface area contributed by atoms with Gasteiger partial charge in [-0.3, -0.25) is 0 Å². The second kappa shape index (κ2) is 9.98. The molecule has 1 amide bonds. The summed E-state index contributed by atoms with van der Waals surface area (Å²) in [5, 5.41) is 11.1. The van der Waals surface area contributed by atoms with Crippen molar-refractivity contribution in [2.24, 2.45) is 0 Å². The van der Waals surface area contributed by atoms with E-state index in [-0.39, 0.29) is 18.2 Å². The van der Waals surface area contributed by atoms with Crippen molar-refractivity contribution in [3.63, 3.8) is 0 Å². The van der Waals surface area contributed by atoms with Crippen LogP contribution in [0.25, 0.3) is 0 Å². The number of nitrogens with zero attached hydrogens (tertiary/aromatic N) is 1.